The van der Waals surface area contributed by atoms with Gasteiger partial charge in [0.25, 0.3) is 0 Å². The molecule has 2 aromatic heterocycles. The van der Waals surface area contributed by atoms with Crippen LogP contribution in [0.25, 0.3) is 11.4 Å². The first-order chi connectivity index (χ1) is 10.3. The number of pyridine rings is 2. The Morgan fingerprint density at radius 3 is 2.09 bits per heavy atom. The topological polar surface area (TPSA) is 46.0 Å². The molecule has 0 fully saturated rings. The zero-order chi connectivity index (χ0) is 16.4. The summed E-state index contributed by atoms with van der Waals surface area (Å²) in [4.78, 5) is 8.77. The molecule has 0 saturated carbocycles. The van der Waals surface area contributed by atoms with Crippen LogP contribution < -0.4 is 5.19 Å². The molecular weight excluding hydrogens is 394 g/mol. The molecular formula is C16H19Cl2N2NiOSi. The van der Waals surface area contributed by atoms with Crippen LogP contribution in [0.2, 0.25) is 21.1 Å². The summed E-state index contributed by atoms with van der Waals surface area (Å²) in [6, 6.07) is 3.36. The van der Waals surface area contributed by atoms with Crippen molar-refractivity contribution in [1.29, 1.82) is 0 Å². The quantitative estimate of drug-likeness (QED) is 0.742. The molecule has 0 amide bonds. The van der Waals surface area contributed by atoms with Gasteiger partial charge in [0.05, 0.1) is 36.4 Å². The van der Waals surface area contributed by atoms with Crippen molar-refractivity contribution >= 4 is 37.2 Å². The van der Waals surface area contributed by atoms with Crippen LogP contribution in [0.15, 0.2) is 24.5 Å². The van der Waals surface area contributed by atoms with Gasteiger partial charge in [-0.05, 0) is 28.4 Å². The summed E-state index contributed by atoms with van der Waals surface area (Å²) in [6.45, 7) is 8.83. The molecule has 0 spiro atoms. The molecule has 1 radical (unpaired) electrons. The van der Waals surface area contributed by atoms with Gasteiger partial charge in [0.1, 0.15) is 5.75 Å². The summed E-state index contributed by atoms with van der Waals surface area (Å²) in [6.07, 6.45) is 2.98. The van der Waals surface area contributed by atoms with Crippen molar-refractivity contribution in [3.63, 3.8) is 0 Å². The van der Waals surface area contributed by atoms with Crippen LogP contribution in [0, 0.1) is 0 Å². The van der Waals surface area contributed by atoms with E-state index in [0.29, 0.717) is 26.8 Å². The van der Waals surface area contributed by atoms with Gasteiger partial charge in [-0.2, -0.15) is 0 Å². The Morgan fingerprint density at radius 2 is 1.61 bits per heavy atom. The van der Waals surface area contributed by atoms with Gasteiger partial charge >= 0.3 is 0 Å². The van der Waals surface area contributed by atoms with Gasteiger partial charge in [-0.1, -0.05) is 50.9 Å². The van der Waals surface area contributed by atoms with Gasteiger partial charge in [-0.3, -0.25) is 9.97 Å². The molecule has 127 valence electrons. The van der Waals surface area contributed by atoms with Crippen molar-refractivity contribution in [1.82, 2.24) is 9.97 Å². The van der Waals surface area contributed by atoms with Crippen LogP contribution in [-0.2, 0) is 16.5 Å². The van der Waals surface area contributed by atoms with Crippen LogP contribution in [0.4, 0.5) is 0 Å². The van der Waals surface area contributed by atoms with E-state index in [1.165, 1.54) is 6.20 Å². The molecule has 2 heterocycles. The van der Waals surface area contributed by atoms with Crippen LogP contribution in [0.1, 0.15) is 27.7 Å². The Balaban J connectivity index is 0.00000264. The summed E-state index contributed by atoms with van der Waals surface area (Å²) >= 11 is 12.8. The van der Waals surface area contributed by atoms with E-state index in [0.717, 1.165) is 10.9 Å². The van der Waals surface area contributed by atoms with Crippen LogP contribution >= 0.6 is 23.2 Å². The molecule has 7 heteroatoms. The predicted octanol–water partition coefficient (Wildman–Crippen LogP) is 4.68. The van der Waals surface area contributed by atoms with Gasteiger partial charge in [-0.25, -0.2) is 0 Å². The number of hydrogen-bond donors (Lipinski definition) is 1. The number of aromatic nitrogens is 2. The molecule has 0 aliphatic heterocycles. The summed E-state index contributed by atoms with van der Waals surface area (Å²) in [5.41, 5.74) is 2.44. The van der Waals surface area contributed by atoms with Crippen molar-refractivity contribution in [3.8, 4) is 17.1 Å². The van der Waals surface area contributed by atoms with E-state index < -0.39 is 8.80 Å². The molecule has 0 saturated heterocycles. The third kappa shape index (κ3) is 4.48. The first-order valence-corrected chi connectivity index (χ1v) is 9.60. The van der Waals surface area contributed by atoms with Crippen molar-refractivity contribution in [2.45, 2.75) is 38.8 Å². The third-order valence-corrected chi connectivity index (χ3v) is 7.98. The zero-order valence-electron chi connectivity index (χ0n) is 13.4. The van der Waals surface area contributed by atoms with Gasteiger partial charge in [-0.15, -0.1) is 0 Å². The fourth-order valence-electron chi connectivity index (χ4n) is 2.69. The average Bonchev–Trinajstić information content (AvgIpc) is 2.44. The van der Waals surface area contributed by atoms with E-state index in [-0.39, 0.29) is 22.2 Å². The molecule has 0 aliphatic carbocycles. The Kier molecular flexibility index (Phi) is 7.53. The van der Waals surface area contributed by atoms with Crippen molar-refractivity contribution < 1.29 is 21.6 Å². The van der Waals surface area contributed by atoms with E-state index >= 15 is 0 Å². The number of halogens is 2. The Labute approximate surface area is 159 Å². The Morgan fingerprint density at radius 1 is 1.00 bits per heavy atom. The van der Waals surface area contributed by atoms with E-state index in [4.69, 9.17) is 23.2 Å². The summed E-state index contributed by atoms with van der Waals surface area (Å²) in [5.74, 6) is 0.128. The zero-order valence-corrected chi connectivity index (χ0v) is 16.9. The van der Waals surface area contributed by atoms with E-state index in [1.807, 2.05) is 0 Å². The summed E-state index contributed by atoms with van der Waals surface area (Å²) < 4.78 is 0. The van der Waals surface area contributed by atoms with Crippen LogP contribution in [0.3, 0.4) is 0 Å². The monoisotopic (exact) mass is 411 g/mol. The SMILES string of the molecule is CC(C)[Si](c1c(-c2ccc(O)cn2)ncc(Cl)c1Cl)C(C)C.[Ni]. The molecule has 0 atom stereocenters. The maximum Gasteiger partial charge on any atom is 0.133 e. The van der Waals surface area contributed by atoms with Crippen molar-refractivity contribution in [2.24, 2.45) is 0 Å². The molecule has 0 unspecified atom stereocenters. The first kappa shape index (κ1) is 20.4. The molecule has 0 aliphatic rings. The second kappa shape index (κ2) is 8.48. The average molecular weight is 413 g/mol. The number of hydrogen-bond acceptors (Lipinski definition) is 3. The maximum atomic E-state index is 9.43. The van der Waals surface area contributed by atoms with Crippen LogP contribution in [-0.4, -0.2) is 23.9 Å². The third-order valence-electron chi connectivity index (χ3n) is 3.50. The molecule has 0 bridgehead atoms. The van der Waals surface area contributed by atoms with Gasteiger partial charge in [0.2, 0.25) is 0 Å². The second-order valence-electron chi connectivity index (χ2n) is 5.81. The van der Waals surface area contributed by atoms with E-state index in [9.17, 15) is 5.11 Å². The smallest absolute Gasteiger partial charge is 0.133 e. The molecule has 1 N–H and O–H groups in total. The second-order valence-corrected chi connectivity index (χ2v) is 10.3. The predicted molar refractivity (Wildman–Crippen MR) is 94.7 cm³/mol. The van der Waals surface area contributed by atoms with Gasteiger partial charge in [0.15, 0.2) is 0 Å². The van der Waals surface area contributed by atoms with Gasteiger partial charge < -0.3 is 5.11 Å². The minimum atomic E-state index is -0.977. The van der Waals surface area contributed by atoms with E-state index in [1.54, 1.807) is 18.3 Å². The molecule has 23 heavy (non-hydrogen) atoms. The number of nitrogens with zero attached hydrogens (tertiary/aromatic N) is 2. The summed E-state index contributed by atoms with van der Waals surface area (Å²) in [5, 5.41) is 11.5. The van der Waals surface area contributed by atoms with Crippen LogP contribution in [0.5, 0.6) is 5.75 Å². The molecule has 2 aromatic rings. The molecule has 3 nitrogen and oxygen atoms in total. The van der Waals surface area contributed by atoms with Gasteiger partial charge in [0, 0.05) is 22.7 Å². The number of aromatic hydroxyl groups is 1. The maximum absolute atomic E-state index is 9.43. The Bertz CT molecular complexity index is 658. The van der Waals surface area contributed by atoms with E-state index in [2.05, 4.69) is 37.7 Å². The largest absolute Gasteiger partial charge is 0.506 e. The fraction of sp³-hybridized carbons (Fsp3) is 0.375. The van der Waals surface area contributed by atoms with Crippen molar-refractivity contribution in [2.75, 3.05) is 0 Å². The summed E-state index contributed by atoms with van der Waals surface area (Å²) in [7, 11) is -0.977. The van der Waals surface area contributed by atoms with Crippen molar-refractivity contribution in [3.05, 3.63) is 34.6 Å². The molecule has 0 aromatic carbocycles. The number of rotatable bonds is 4. The Hall–Kier alpha value is -0.610. The first-order valence-electron chi connectivity index (χ1n) is 7.19. The minimum Gasteiger partial charge on any atom is -0.506 e. The normalized spacial score (nSPS) is 11.2. The minimum absolute atomic E-state index is 0. The fourth-order valence-corrected chi connectivity index (χ4v) is 6.72. The standard InChI is InChI=1S/C16H19Cl2N2OSi.Ni/c1-9(2)22(10(3)4)16-14(18)12(17)8-20-15(16)13-6-5-11(21)7-19-13;/h5-10,21H,1-4H3;. The molecule has 2 rings (SSSR count).